The maximum atomic E-state index is 5.67. The van der Waals surface area contributed by atoms with Gasteiger partial charge < -0.3 is 10.1 Å². The number of unbranched alkanes of at least 4 members (excludes halogenated alkanes) is 13. The molecule has 1 aromatic rings. The Morgan fingerprint density at radius 3 is 1.65 bits per heavy atom. The van der Waals surface area contributed by atoms with E-state index in [0.717, 1.165) is 25.4 Å². The topological polar surface area (TPSA) is 21.3 Å². The molecular formula is C24H43NO. The standard InChI is InChI=1S/C24H43NO/c1-2-3-4-5-6-7-8-9-10-11-12-13-14-18-21-25-22-23-26-24-19-16-15-17-20-24/h15-17,19-20,25H,2-14,18,21-23H2,1H3. The minimum absolute atomic E-state index is 0.753. The smallest absolute Gasteiger partial charge is 0.119 e. The van der Waals surface area contributed by atoms with Gasteiger partial charge in [-0.2, -0.15) is 0 Å². The molecule has 1 N–H and O–H groups in total. The van der Waals surface area contributed by atoms with Crippen molar-refractivity contribution in [3.05, 3.63) is 30.3 Å². The second-order valence-corrected chi connectivity index (χ2v) is 7.51. The van der Waals surface area contributed by atoms with Gasteiger partial charge in [-0.1, -0.05) is 109 Å². The predicted octanol–water partition coefficient (Wildman–Crippen LogP) is 7.14. The second kappa shape index (κ2) is 18.8. The van der Waals surface area contributed by atoms with Crippen LogP contribution in [0, 0.1) is 0 Å². The van der Waals surface area contributed by atoms with Crippen LogP contribution in [-0.2, 0) is 0 Å². The van der Waals surface area contributed by atoms with Crippen LogP contribution >= 0.6 is 0 Å². The Kier molecular flexibility index (Phi) is 16.6. The molecule has 2 heteroatoms. The van der Waals surface area contributed by atoms with Crippen molar-refractivity contribution in [3.8, 4) is 5.75 Å². The molecule has 0 saturated carbocycles. The van der Waals surface area contributed by atoms with E-state index in [-0.39, 0.29) is 0 Å². The maximum absolute atomic E-state index is 5.67. The average Bonchev–Trinajstić information content (AvgIpc) is 2.68. The Hall–Kier alpha value is -1.02. The summed E-state index contributed by atoms with van der Waals surface area (Å²) in [6.45, 7) is 5.10. The van der Waals surface area contributed by atoms with Crippen LogP contribution in [0.25, 0.3) is 0 Å². The molecule has 0 amide bonds. The molecule has 0 aliphatic rings. The summed E-state index contributed by atoms with van der Waals surface area (Å²) in [5.41, 5.74) is 0. The van der Waals surface area contributed by atoms with Crippen LogP contribution in [0.2, 0.25) is 0 Å². The fraction of sp³-hybridized carbons (Fsp3) is 0.750. The van der Waals surface area contributed by atoms with Gasteiger partial charge in [0.25, 0.3) is 0 Å². The molecule has 2 nitrogen and oxygen atoms in total. The Balaban J connectivity index is 1.68. The van der Waals surface area contributed by atoms with Gasteiger partial charge in [0, 0.05) is 6.54 Å². The van der Waals surface area contributed by atoms with Crippen LogP contribution in [0.5, 0.6) is 5.75 Å². The largest absolute Gasteiger partial charge is 0.492 e. The third-order valence-electron chi connectivity index (χ3n) is 5.00. The third-order valence-corrected chi connectivity index (χ3v) is 5.00. The highest BCUT2D eigenvalue weighted by molar-refractivity contribution is 5.20. The summed E-state index contributed by atoms with van der Waals surface area (Å²) in [7, 11) is 0. The summed E-state index contributed by atoms with van der Waals surface area (Å²) >= 11 is 0. The van der Waals surface area contributed by atoms with E-state index in [4.69, 9.17) is 4.74 Å². The lowest BCUT2D eigenvalue weighted by molar-refractivity contribution is 0.313. The molecule has 26 heavy (non-hydrogen) atoms. The molecule has 0 atom stereocenters. The van der Waals surface area contributed by atoms with Gasteiger partial charge in [-0.3, -0.25) is 0 Å². The van der Waals surface area contributed by atoms with Crippen LogP contribution in [0.15, 0.2) is 30.3 Å². The molecule has 0 bridgehead atoms. The van der Waals surface area contributed by atoms with E-state index in [9.17, 15) is 0 Å². The number of ether oxygens (including phenoxy) is 1. The average molecular weight is 362 g/mol. The number of nitrogens with one attached hydrogen (secondary N) is 1. The Bertz CT molecular complexity index is 379. The maximum Gasteiger partial charge on any atom is 0.119 e. The molecular weight excluding hydrogens is 318 g/mol. The van der Waals surface area contributed by atoms with Crippen molar-refractivity contribution < 1.29 is 4.74 Å². The van der Waals surface area contributed by atoms with Crippen molar-refractivity contribution >= 4 is 0 Å². The first-order valence-corrected chi connectivity index (χ1v) is 11.3. The van der Waals surface area contributed by atoms with E-state index in [2.05, 4.69) is 12.2 Å². The molecule has 0 aromatic heterocycles. The highest BCUT2D eigenvalue weighted by Gasteiger charge is 1.95. The highest BCUT2D eigenvalue weighted by atomic mass is 16.5. The predicted molar refractivity (Wildman–Crippen MR) is 115 cm³/mol. The molecule has 0 spiro atoms. The lowest BCUT2D eigenvalue weighted by Gasteiger charge is -2.07. The molecule has 0 heterocycles. The first-order valence-electron chi connectivity index (χ1n) is 11.3. The van der Waals surface area contributed by atoms with E-state index >= 15 is 0 Å². The number of benzene rings is 1. The van der Waals surface area contributed by atoms with E-state index in [1.807, 2.05) is 30.3 Å². The highest BCUT2D eigenvalue weighted by Crippen LogP contribution is 2.12. The molecule has 1 aromatic carbocycles. The number of para-hydroxylation sites is 1. The Labute approximate surface area is 163 Å². The molecule has 0 saturated heterocycles. The molecule has 0 radical (unpaired) electrons. The molecule has 0 fully saturated rings. The summed E-state index contributed by atoms with van der Waals surface area (Å²) in [6, 6.07) is 10.1. The van der Waals surface area contributed by atoms with Gasteiger partial charge in [-0.05, 0) is 25.1 Å². The van der Waals surface area contributed by atoms with Gasteiger partial charge >= 0.3 is 0 Å². The van der Waals surface area contributed by atoms with Gasteiger partial charge in [0.05, 0.1) is 0 Å². The van der Waals surface area contributed by atoms with Crippen molar-refractivity contribution in [1.82, 2.24) is 5.32 Å². The molecule has 0 aliphatic heterocycles. The van der Waals surface area contributed by atoms with Crippen LogP contribution in [0.3, 0.4) is 0 Å². The summed E-state index contributed by atoms with van der Waals surface area (Å²) in [6.07, 6.45) is 19.9. The number of hydrogen-bond donors (Lipinski definition) is 1. The lowest BCUT2D eigenvalue weighted by atomic mass is 10.0. The monoisotopic (exact) mass is 361 g/mol. The summed E-state index contributed by atoms with van der Waals surface area (Å²) in [5.74, 6) is 0.964. The number of rotatable bonds is 19. The summed E-state index contributed by atoms with van der Waals surface area (Å²) in [5, 5.41) is 3.47. The van der Waals surface area contributed by atoms with Gasteiger partial charge in [0.2, 0.25) is 0 Å². The quantitative estimate of drug-likeness (QED) is 0.264. The second-order valence-electron chi connectivity index (χ2n) is 7.51. The van der Waals surface area contributed by atoms with Gasteiger partial charge in [0.1, 0.15) is 12.4 Å². The summed E-state index contributed by atoms with van der Waals surface area (Å²) < 4.78 is 5.67. The van der Waals surface area contributed by atoms with Gasteiger partial charge in [-0.15, -0.1) is 0 Å². The normalized spacial score (nSPS) is 11.0. The van der Waals surface area contributed by atoms with Crippen LogP contribution in [0.1, 0.15) is 96.8 Å². The first kappa shape index (κ1) is 23.0. The van der Waals surface area contributed by atoms with Crippen LogP contribution < -0.4 is 10.1 Å². The lowest BCUT2D eigenvalue weighted by Crippen LogP contribution is -2.22. The van der Waals surface area contributed by atoms with Crippen LogP contribution in [-0.4, -0.2) is 19.7 Å². The zero-order valence-corrected chi connectivity index (χ0v) is 17.3. The van der Waals surface area contributed by atoms with Crippen molar-refractivity contribution in [2.45, 2.75) is 96.8 Å². The zero-order valence-electron chi connectivity index (χ0n) is 17.3. The first-order chi connectivity index (χ1) is 12.9. The fourth-order valence-corrected chi connectivity index (χ4v) is 3.33. The minimum atomic E-state index is 0.753. The third kappa shape index (κ3) is 15.3. The molecule has 150 valence electrons. The molecule has 0 unspecified atom stereocenters. The zero-order chi connectivity index (χ0) is 18.5. The van der Waals surface area contributed by atoms with E-state index < -0.39 is 0 Å². The number of hydrogen-bond acceptors (Lipinski definition) is 2. The van der Waals surface area contributed by atoms with E-state index in [0.29, 0.717) is 0 Å². The fourth-order valence-electron chi connectivity index (χ4n) is 3.33. The van der Waals surface area contributed by atoms with Gasteiger partial charge in [-0.25, -0.2) is 0 Å². The van der Waals surface area contributed by atoms with Crippen molar-refractivity contribution in [2.24, 2.45) is 0 Å². The van der Waals surface area contributed by atoms with E-state index in [1.165, 1.54) is 89.9 Å². The minimum Gasteiger partial charge on any atom is -0.492 e. The SMILES string of the molecule is CCCCCCCCCCCCCCCCNCCOc1ccccc1. The van der Waals surface area contributed by atoms with Crippen molar-refractivity contribution in [2.75, 3.05) is 19.7 Å². The molecule has 0 aliphatic carbocycles. The Morgan fingerprint density at radius 1 is 0.615 bits per heavy atom. The Morgan fingerprint density at radius 2 is 1.12 bits per heavy atom. The van der Waals surface area contributed by atoms with Crippen LogP contribution in [0.4, 0.5) is 0 Å². The van der Waals surface area contributed by atoms with Gasteiger partial charge in [0.15, 0.2) is 0 Å². The summed E-state index contributed by atoms with van der Waals surface area (Å²) in [4.78, 5) is 0. The van der Waals surface area contributed by atoms with E-state index in [1.54, 1.807) is 0 Å². The molecule has 1 rings (SSSR count). The van der Waals surface area contributed by atoms with Crippen molar-refractivity contribution in [3.63, 3.8) is 0 Å². The van der Waals surface area contributed by atoms with Crippen molar-refractivity contribution in [1.29, 1.82) is 0 Å².